The van der Waals surface area contributed by atoms with Crippen LogP contribution in [-0.2, 0) is 9.59 Å². The van der Waals surface area contributed by atoms with E-state index in [1.54, 1.807) is 14.1 Å². The lowest BCUT2D eigenvalue weighted by Crippen LogP contribution is -2.22. The molecule has 0 atom stereocenters. The standard InChI is InChI=1S/C5H11NO.C3H7NO.4CH4/c1-4(2)5(7)6-3;1-3(5)4-2;;;;/h4H,1-3H3,(H,6,7);1-2H3,(H,4,5);4*1H4. The average Bonchev–Trinajstić information content (AvgIpc) is 2.04. The lowest BCUT2D eigenvalue weighted by Gasteiger charge is -1.98. The Labute approximate surface area is 103 Å². The predicted octanol–water partition coefficient (Wildman–Crippen LogP) is 2.69. The van der Waals surface area contributed by atoms with Gasteiger partial charge in [0, 0.05) is 26.9 Å². The zero-order valence-electron chi connectivity index (χ0n) is 8.39. The maximum absolute atomic E-state index is 10.4. The number of rotatable bonds is 1. The second kappa shape index (κ2) is 23.6. The minimum absolute atomic E-state index is 0. The van der Waals surface area contributed by atoms with Gasteiger partial charge in [-0.2, -0.15) is 0 Å². The van der Waals surface area contributed by atoms with Gasteiger partial charge in [0.1, 0.15) is 0 Å². The molecule has 104 valence electrons. The minimum Gasteiger partial charge on any atom is -0.359 e. The average molecular weight is 238 g/mol. The summed E-state index contributed by atoms with van der Waals surface area (Å²) < 4.78 is 0. The predicted molar refractivity (Wildman–Crippen MR) is 75.6 cm³/mol. The van der Waals surface area contributed by atoms with Gasteiger partial charge in [-0.15, -0.1) is 0 Å². The van der Waals surface area contributed by atoms with Crippen molar-refractivity contribution in [3.05, 3.63) is 0 Å². The zero-order chi connectivity index (χ0) is 10.1. The SMILES string of the molecule is C.C.C.C.CNC(=O)C(C)C.CNC(C)=O. The largest absolute Gasteiger partial charge is 0.359 e. The Balaban J connectivity index is -0.0000000258. The van der Waals surface area contributed by atoms with Crippen LogP contribution in [0.4, 0.5) is 0 Å². The highest BCUT2D eigenvalue weighted by Gasteiger charge is 2.00. The van der Waals surface area contributed by atoms with E-state index in [-0.39, 0.29) is 47.4 Å². The minimum atomic E-state index is 0. The van der Waals surface area contributed by atoms with Crippen molar-refractivity contribution in [3.63, 3.8) is 0 Å². The molecule has 0 unspecified atom stereocenters. The fourth-order valence-electron chi connectivity index (χ4n) is 0.289. The molecule has 2 N–H and O–H groups in total. The number of hydrogen-bond donors (Lipinski definition) is 2. The summed E-state index contributed by atoms with van der Waals surface area (Å²) in [6, 6.07) is 0. The summed E-state index contributed by atoms with van der Waals surface area (Å²) >= 11 is 0. The van der Waals surface area contributed by atoms with Crippen molar-refractivity contribution < 1.29 is 9.59 Å². The molecule has 0 aromatic heterocycles. The first kappa shape index (κ1) is 36.3. The van der Waals surface area contributed by atoms with Crippen molar-refractivity contribution in [1.82, 2.24) is 10.6 Å². The first-order chi connectivity index (χ1) is 5.45. The van der Waals surface area contributed by atoms with E-state index in [4.69, 9.17) is 0 Å². The van der Waals surface area contributed by atoms with Gasteiger partial charge in [-0.05, 0) is 0 Å². The third-order valence-electron chi connectivity index (χ3n) is 1.12. The Bertz CT molecular complexity index is 146. The summed E-state index contributed by atoms with van der Waals surface area (Å²) in [5, 5.41) is 4.91. The normalized spacial score (nSPS) is 6.12. The third-order valence-corrected chi connectivity index (χ3v) is 1.12. The quantitative estimate of drug-likeness (QED) is 0.738. The maximum atomic E-state index is 10.4. The van der Waals surface area contributed by atoms with Gasteiger partial charge < -0.3 is 10.6 Å². The number of amides is 2. The maximum Gasteiger partial charge on any atom is 0.222 e. The van der Waals surface area contributed by atoms with Crippen LogP contribution in [0.15, 0.2) is 0 Å². The number of hydrogen-bond acceptors (Lipinski definition) is 2. The highest BCUT2D eigenvalue weighted by molar-refractivity contribution is 5.77. The van der Waals surface area contributed by atoms with Crippen LogP contribution in [0.5, 0.6) is 0 Å². The van der Waals surface area contributed by atoms with Crippen molar-refractivity contribution in [2.45, 2.75) is 50.5 Å². The number of carbonyl (C=O) groups excluding carboxylic acids is 2. The summed E-state index contributed by atoms with van der Waals surface area (Å²) in [7, 11) is 3.24. The molecule has 0 aliphatic rings. The molecular formula is C12H34N2O2. The first-order valence-corrected chi connectivity index (χ1v) is 3.85. The lowest BCUT2D eigenvalue weighted by molar-refractivity contribution is -0.123. The van der Waals surface area contributed by atoms with E-state index in [1.165, 1.54) is 6.92 Å². The van der Waals surface area contributed by atoms with Crippen molar-refractivity contribution in [3.8, 4) is 0 Å². The molecule has 0 saturated carbocycles. The van der Waals surface area contributed by atoms with Crippen molar-refractivity contribution >= 4 is 11.8 Å². The van der Waals surface area contributed by atoms with Crippen LogP contribution >= 0.6 is 0 Å². The second-order valence-electron chi connectivity index (χ2n) is 2.58. The van der Waals surface area contributed by atoms with E-state index < -0.39 is 0 Å². The van der Waals surface area contributed by atoms with E-state index in [1.807, 2.05) is 13.8 Å². The Morgan fingerprint density at radius 2 is 1.12 bits per heavy atom. The second-order valence-corrected chi connectivity index (χ2v) is 2.58. The third kappa shape index (κ3) is 38.3. The molecule has 16 heavy (non-hydrogen) atoms. The molecule has 0 rings (SSSR count). The van der Waals surface area contributed by atoms with Gasteiger partial charge in [-0.3, -0.25) is 9.59 Å². The molecule has 0 aromatic rings. The molecule has 0 radical (unpaired) electrons. The van der Waals surface area contributed by atoms with Gasteiger partial charge in [0.05, 0.1) is 0 Å². The Morgan fingerprint density at radius 3 is 1.12 bits per heavy atom. The topological polar surface area (TPSA) is 58.2 Å². The van der Waals surface area contributed by atoms with Crippen molar-refractivity contribution in [2.75, 3.05) is 14.1 Å². The van der Waals surface area contributed by atoms with Gasteiger partial charge in [0.15, 0.2) is 0 Å². The van der Waals surface area contributed by atoms with E-state index in [9.17, 15) is 9.59 Å². The summed E-state index contributed by atoms with van der Waals surface area (Å²) in [5.41, 5.74) is 0. The van der Waals surface area contributed by atoms with Crippen LogP contribution in [0.3, 0.4) is 0 Å². The highest BCUT2D eigenvalue weighted by Crippen LogP contribution is 1.87. The van der Waals surface area contributed by atoms with E-state index in [2.05, 4.69) is 10.6 Å². The fourth-order valence-corrected chi connectivity index (χ4v) is 0.289. The number of nitrogens with one attached hydrogen (secondary N) is 2. The molecular weight excluding hydrogens is 204 g/mol. The Hall–Kier alpha value is -1.06. The molecule has 0 aliphatic carbocycles. The summed E-state index contributed by atoms with van der Waals surface area (Å²) in [6.07, 6.45) is 0. The number of carbonyl (C=O) groups is 2. The molecule has 0 bridgehead atoms. The van der Waals surface area contributed by atoms with E-state index in [0.717, 1.165) is 0 Å². The molecule has 4 heteroatoms. The van der Waals surface area contributed by atoms with Gasteiger partial charge in [0.2, 0.25) is 11.8 Å². The van der Waals surface area contributed by atoms with E-state index >= 15 is 0 Å². The van der Waals surface area contributed by atoms with Crippen LogP contribution in [-0.4, -0.2) is 25.9 Å². The summed E-state index contributed by atoms with van der Waals surface area (Å²) in [5.74, 6) is 0.218. The van der Waals surface area contributed by atoms with Gasteiger partial charge in [-0.1, -0.05) is 43.6 Å². The first-order valence-electron chi connectivity index (χ1n) is 3.85. The smallest absolute Gasteiger partial charge is 0.222 e. The molecule has 0 aliphatic heterocycles. The van der Waals surface area contributed by atoms with Crippen molar-refractivity contribution in [1.29, 1.82) is 0 Å². The molecule has 0 saturated heterocycles. The van der Waals surface area contributed by atoms with Crippen LogP contribution in [0.1, 0.15) is 50.5 Å². The lowest BCUT2D eigenvalue weighted by atomic mass is 10.2. The summed E-state index contributed by atoms with van der Waals surface area (Å²) in [6.45, 7) is 5.19. The molecule has 0 spiro atoms. The van der Waals surface area contributed by atoms with Gasteiger partial charge in [-0.25, -0.2) is 0 Å². The highest BCUT2D eigenvalue weighted by atomic mass is 16.2. The Kier molecular flexibility index (Phi) is 53.6. The van der Waals surface area contributed by atoms with Gasteiger partial charge in [0.25, 0.3) is 0 Å². The monoisotopic (exact) mass is 238 g/mol. The summed E-state index contributed by atoms with van der Waals surface area (Å²) in [4.78, 5) is 20.1. The molecule has 2 amide bonds. The van der Waals surface area contributed by atoms with Gasteiger partial charge >= 0.3 is 0 Å². The van der Waals surface area contributed by atoms with Crippen LogP contribution in [0, 0.1) is 5.92 Å². The molecule has 0 aromatic carbocycles. The Morgan fingerprint density at radius 1 is 0.875 bits per heavy atom. The van der Waals surface area contributed by atoms with Crippen LogP contribution in [0.25, 0.3) is 0 Å². The molecule has 4 nitrogen and oxygen atoms in total. The zero-order valence-corrected chi connectivity index (χ0v) is 8.39. The molecule has 0 fully saturated rings. The van der Waals surface area contributed by atoms with Crippen LogP contribution in [0.2, 0.25) is 0 Å². The fraction of sp³-hybridized carbons (Fsp3) is 0.833. The van der Waals surface area contributed by atoms with E-state index in [0.29, 0.717) is 0 Å². The van der Waals surface area contributed by atoms with Crippen LogP contribution < -0.4 is 10.6 Å². The van der Waals surface area contributed by atoms with Crippen molar-refractivity contribution in [2.24, 2.45) is 5.92 Å². The molecule has 0 heterocycles.